The van der Waals surface area contributed by atoms with Crippen LogP contribution < -0.4 is 5.73 Å². The first kappa shape index (κ1) is 9.21. The molecule has 0 unspecified atom stereocenters. The van der Waals surface area contributed by atoms with E-state index in [1.54, 1.807) is 0 Å². The molecule has 0 fully saturated rings. The number of rotatable bonds is 1. The van der Waals surface area contributed by atoms with Gasteiger partial charge in [-0.05, 0) is 36.2 Å². The lowest BCUT2D eigenvalue weighted by Crippen LogP contribution is -1.94. The number of nitrogen functional groups attached to an aromatic ring is 1. The van der Waals surface area contributed by atoms with E-state index in [1.807, 2.05) is 25.1 Å². The summed E-state index contributed by atoms with van der Waals surface area (Å²) in [6.45, 7) is 2.04. The van der Waals surface area contributed by atoms with Crippen LogP contribution in [0.15, 0.2) is 18.2 Å². The van der Waals surface area contributed by atoms with Gasteiger partial charge in [-0.25, -0.2) is 9.97 Å². The first-order valence-electron chi connectivity index (χ1n) is 4.42. The Morgan fingerprint density at radius 2 is 2.14 bits per heavy atom. The molecule has 0 aliphatic rings. The quantitative estimate of drug-likeness (QED) is 0.577. The smallest absolute Gasteiger partial charge is 0.223 e. The molecule has 14 heavy (non-hydrogen) atoms. The predicted octanol–water partition coefficient (Wildman–Crippen LogP) is 2.43. The van der Waals surface area contributed by atoms with Crippen molar-refractivity contribution in [3.63, 3.8) is 0 Å². The van der Waals surface area contributed by atoms with Crippen molar-refractivity contribution in [2.24, 2.45) is 0 Å². The fraction of sp³-hybridized carbons (Fsp3) is 0.200. The van der Waals surface area contributed by atoms with E-state index in [-0.39, 0.29) is 5.28 Å². The van der Waals surface area contributed by atoms with Crippen molar-refractivity contribution in [2.75, 3.05) is 5.73 Å². The Morgan fingerprint density at radius 3 is 2.86 bits per heavy atom. The molecule has 2 rings (SSSR count). The molecule has 0 radical (unpaired) electrons. The Bertz CT molecular complexity index is 477. The zero-order chi connectivity index (χ0) is 10.1. The minimum absolute atomic E-state index is 0.278. The number of aromatic nitrogens is 2. The highest BCUT2D eigenvalue weighted by molar-refractivity contribution is 6.28. The molecule has 72 valence electrons. The third kappa shape index (κ3) is 1.51. The number of anilines is 1. The first-order chi connectivity index (χ1) is 6.70. The molecule has 0 saturated carbocycles. The largest absolute Gasteiger partial charge is 0.399 e. The summed E-state index contributed by atoms with van der Waals surface area (Å²) >= 11 is 5.79. The van der Waals surface area contributed by atoms with Crippen molar-refractivity contribution < 1.29 is 0 Å². The molecular formula is C10H10ClN3. The lowest BCUT2D eigenvalue weighted by atomic mass is 10.1. The average molecular weight is 208 g/mol. The second kappa shape index (κ2) is 3.42. The number of benzene rings is 1. The van der Waals surface area contributed by atoms with Crippen LogP contribution in [0.25, 0.3) is 10.9 Å². The Balaban J connectivity index is 2.81. The second-order valence-electron chi connectivity index (χ2n) is 3.07. The van der Waals surface area contributed by atoms with Gasteiger partial charge in [-0.3, -0.25) is 0 Å². The lowest BCUT2D eigenvalue weighted by Gasteiger charge is -2.04. The van der Waals surface area contributed by atoms with Crippen molar-refractivity contribution in [1.82, 2.24) is 9.97 Å². The molecule has 0 aliphatic carbocycles. The third-order valence-corrected chi connectivity index (χ3v) is 2.28. The van der Waals surface area contributed by atoms with E-state index in [2.05, 4.69) is 9.97 Å². The summed E-state index contributed by atoms with van der Waals surface area (Å²) in [5, 5.41) is 1.30. The molecule has 1 aromatic carbocycles. The van der Waals surface area contributed by atoms with E-state index >= 15 is 0 Å². The van der Waals surface area contributed by atoms with Gasteiger partial charge in [0, 0.05) is 11.1 Å². The Labute approximate surface area is 86.9 Å². The van der Waals surface area contributed by atoms with Crippen LogP contribution in [-0.4, -0.2) is 9.97 Å². The molecule has 0 spiro atoms. The van der Waals surface area contributed by atoms with Crippen molar-refractivity contribution in [2.45, 2.75) is 13.3 Å². The average Bonchev–Trinajstić information content (AvgIpc) is 2.15. The molecule has 4 heteroatoms. The zero-order valence-electron chi connectivity index (χ0n) is 7.79. The normalized spacial score (nSPS) is 10.7. The van der Waals surface area contributed by atoms with Gasteiger partial charge in [0.05, 0.1) is 11.2 Å². The molecule has 2 N–H and O–H groups in total. The van der Waals surface area contributed by atoms with Crippen LogP contribution in [0.3, 0.4) is 0 Å². The fourth-order valence-corrected chi connectivity index (χ4v) is 1.64. The molecule has 0 aliphatic heterocycles. The van der Waals surface area contributed by atoms with Crippen molar-refractivity contribution >= 4 is 28.2 Å². The zero-order valence-corrected chi connectivity index (χ0v) is 8.54. The van der Waals surface area contributed by atoms with Gasteiger partial charge in [-0.15, -0.1) is 0 Å². The molecule has 1 aromatic heterocycles. The first-order valence-corrected chi connectivity index (χ1v) is 4.80. The van der Waals surface area contributed by atoms with Crippen molar-refractivity contribution in [1.29, 1.82) is 0 Å². The van der Waals surface area contributed by atoms with Crippen LogP contribution >= 0.6 is 11.6 Å². The molecule has 3 nitrogen and oxygen atoms in total. The van der Waals surface area contributed by atoms with Crippen LogP contribution in [0, 0.1) is 0 Å². The number of nitrogens with zero attached hydrogens (tertiary/aromatic N) is 2. The van der Waals surface area contributed by atoms with Crippen LogP contribution in [0.2, 0.25) is 5.28 Å². The summed E-state index contributed by atoms with van der Waals surface area (Å²) < 4.78 is 0. The summed E-state index contributed by atoms with van der Waals surface area (Å²) in [5.74, 6) is 0. The van der Waals surface area contributed by atoms with Gasteiger partial charge in [-0.1, -0.05) is 6.92 Å². The molecule has 0 saturated heterocycles. The molecule has 0 bridgehead atoms. The van der Waals surface area contributed by atoms with Crippen molar-refractivity contribution in [3.8, 4) is 0 Å². The van der Waals surface area contributed by atoms with Gasteiger partial charge in [0.25, 0.3) is 0 Å². The van der Waals surface area contributed by atoms with Gasteiger partial charge in [0.2, 0.25) is 5.28 Å². The summed E-state index contributed by atoms with van der Waals surface area (Å²) in [6.07, 6.45) is 0.836. The van der Waals surface area contributed by atoms with Gasteiger partial charge in [0.1, 0.15) is 0 Å². The summed E-state index contributed by atoms with van der Waals surface area (Å²) in [4.78, 5) is 8.28. The molecule has 0 amide bonds. The topological polar surface area (TPSA) is 51.8 Å². The Kier molecular flexibility index (Phi) is 2.25. The third-order valence-electron chi connectivity index (χ3n) is 2.11. The van der Waals surface area contributed by atoms with E-state index in [1.165, 1.54) is 0 Å². The second-order valence-corrected chi connectivity index (χ2v) is 3.41. The number of halogens is 1. The maximum Gasteiger partial charge on any atom is 0.223 e. The van der Waals surface area contributed by atoms with Crippen LogP contribution in [0.5, 0.6) is 0 Å². The SMILES string of the molecule is CCc1nc(Cl)nc2cc(N)ccc12. The van der Waals surface area contributed by atoms with Gasteiger partial charge in [0.15, 0.2) is 0 Å². The number of hydrogen-bond donors (Lipinski definition) is 1. The van der Waals surface area contributed by atoms with E-state index in [4.69, 9.17) is 17.3 Å². The highest BCUT2D eigenvalue weighted by atomic mass is 35.5. The Hall–Kier alpha value is -1.35. The summed E-state index contributed by atoms with van der Waals surface area (Å²) in [5.41, 5.74) is 8.12. The van der Waals surface area contributed by atoms with Gasteiger partial charge in [-0.2, -0.15) is 0 Å². The fourth-order valence-electron chi connectivity index (χ4n) is 1.45. The monoisotopic (exact) mass is 207 g/mol. The number of hydrogen-bond acceptors (Lipinski definition) is 3. The summed E-state index contributed by atoms with van der Waals surface area (Å²) in [7, 11) is 0. The van der Waals surface area contributed by atoms with E-state index in [0.29, 0.717) is 5.69 Å². The number of nitrogens with two attached hydrogens (primary N) is 1. The molecule has 2 aromatic rings. The highest BCUT2D eigenvalue weighted by Crippen LogP contribution is 2.20. The van der Waals surface area contributed by atoms with E-state index in [9.17, 15) is 0 Å². The summed E-state index contributed by atoms with van der Waals surface area (Å²) in [6, 6.07) is 5.58. The Morgan fingerprint density at radius 1 is 1.36 bits per heavy atom. The van der Waals surface area contributed by atoms with Crippen LogP contribution in [-0.2, 0) is 6.42 Å². The van der Waals surface area contributed by atoms with Crippen LogP contribution in [0.1, 0.15) is 12.6 Å². The highest BCUT2D eigenvalue weighted by Gasteiger charge is 2.04. The van der Waals surface area contributed by atoms with Crippen molar-refractivity contribution in [3.05, 3.63) is 29.2 Å². The molecular weight excluding hydrogens is 198 g/mol. The molecule has 0 atom stereocenters. The van der Waals surface area contributed by atoms with E-state index in [0.717, 1.165) is 23.0 Å². The number of fused-ring (bicyclic) bond motifs is 1. The minimum Gasteiger partial charge on any atom is -0.399 e. The molecule has 1 heterocycles. The standard InChI is InChI=1S/C10H10ClN3/c1-2-8-7-4-3-6(12)5-9(7)14-10(11)13-8/h3-5H,2,12H2,1H3. The number of aryl methyl sites for hydroxylation is 1. The minimum atomic E-state index is 0.278. The maximum absolute atomic E-state index is 5.79. The van der Waals surface area contributed by atoms with E-state index < -0.39 is 0 Å². The van der Waals surface area contributed by atoms with Gasteiger partial charge < -0.3 is 5.73 Å². The predicted molar refractivity (Wildman–Crippen MR) is 58.3 cm³/mol. The van der Waals surface area contributed by atoms with Gasteiger partial charge >= 0.3 is 0 Å². The van der Waals surface area contributed by atoms with Crippen LogP contribution in [0.4, 0.5) is 5.69 Å². The lowest BCUT2D eigenvalue weighted by molar-refractivity contribution is 1.03. The maximum atomic E-state index is 5.79.